The highest BCUT2D eigenvalue weighted by Gasteiger charge is 2.40. The fourth-order valence-corrected chi connectivity index (χ4v) is 2.20. The summed E-state index contributed by atoms with van der Waals surface area (Å²) in [5.41, 5.74) is 0.609. The van der Waals surface area contributed by atoms with Crippen LogP contribution in [0.1, 0.15) is 16.8 Å². The van der Waals surface area contributed by atoms with Gasteiger partial charge < -0.3 is 4.74 Å². The summed E-state index contributed by atoms with van der Waals surface area (Å²) in [5.74, 6) is -0.245. The third-order valence-corrected chi connectivity index (χ3v) is 3.38. The van der Waals surface area contributed by atoms with Crippen LogP contribution in [0.25, 0.3) is 0 Å². The maximum Gasteiger partial charge on any atom is 0.338 e. The summed E-state index contributed by atoms with van der Waals surface area (Å²) in [6.45, 7) is 1.47. The Bertz CT molecular complexity index is 572. The first-order valence-corrected chi connectivity index (χ1v) is 6.80. The van der Waals surface area contributed by atoms with E-state index < -0.39 is 0 Å². The molecule has 0 bridgehead atoms. The number of aromatic nitrogens is 1. The molecule has 4 heteroatoms. The normalized spacial score (nSPS) is 16.8. The summed E-state index contributed by atoms with van der Waals surface area (Å²) < 4.78 is 7.36. The molecule has 4 nitrogen and oxygen atoms in total. The van der Waals surface area contributed by atoms with Crippen LogP contribution in [0, 0.1) is 0 Å². The number of esters is 1. The Morgan fingerprint density at radius 2 is 1.85 bits per heavy atom. The summed E-state index contributed by atoms with van der Waals surface area (Å²) in [4.78, 5) is 11.8. The second-order valence-electron chi connectivity index (χ2n) is 4.82. The van der Waals surface area contributed by atoms with Crippen LogP contribution in [0.3, 0.4) is 0 Å². The van der Waals surface area contributed by atoms with Gasteiger partial charge in [-0.1, -0.05) is 28.9 Å². The van der Waals surface area contributed by atoms with Crippen molar-refractivity contribution in [3.8, 4) is 0 Å². The fourth-order valence-electron chi connectivity index (χ4n) is 2.20. The highest BCUT2D eigenvalue weighted by Crippen LogP contribution is 2.14. The van der Waals surface area contributed by atoms with Crippen molar-refractivity contribution in [1.82, 2.24) is 0 Å². The molecule has 0 amide bonds. The Hall–Kier alpha value is -2.36. The Morgan fingerprint density at radius 3 is 2.60 bits per heavy atom. The average Bonchev–Trinajstić information content (AvgIpc) is 3.28. The number of hydrogen-bond donors (Lipinski definition) is 0. The topological polar surface area (TPSA) is 33.2 Å². The quantitative estimate of drug-likeness (QED) is 0.469. The van der Waals surface area contributed by atoms with Crippen LogP contribution in [0.4, 0.5) is 0 Å². The van der Waals surface area contributed by atoms with Crippen molar-refractivity contribution in [2.24, 2.45) is 0 Å². The summed E-state index contributed by atoms with van der Waals surface area (Å²) in [7, 11) is 0. The van der Waals surface area contributed by atoms with E-state index in [1.165, 1.54) is 0 Å². The highest BCUT2D eigenvalue weighted by molar-refractivity contribution is 5.89. The predicted octanol–water partition coefficient (Wildman–Crippen LogP) is 1.54. The first-order chi connectivity index (χ1) is 9.84. The minimum atomic E-state index is -0.245. The monoisotopic (exact) mass is 269 g/mol. The van der Waals surface area contributed by atoms with E-state index in [0.29, 0.717) is 18.2 Å². The lowest BCUT2D eigenvalue weighted by atomic mass is 10.2. The van der Waals surface area contributed by atoms with Gasteiger partial charge in [0.1, 0.15) is 6.04 Å². The number of hydrogen-bond acceptors (Lipinski definition) is 3. The van der Waals surface area contributed by atoms with E-state index in [9.17, 15) is 4.79 Å². The van der Waals surface area contributed by atoms with Gasteiger partial charge in [0, 0.05) is 18.6 Å². The van der Waals surface area contributed by atoms with Crippen LogP contribution in [-0.4, -0.2) is 25.2 Å². The van der Waals surface area contributed by atoms with Gasteiger partial charge in [-0.2, -0.15) is 5.01 Å². The third-order valence-electron chi connectivity index (χ3n) is 3.38. The van der Waals surface area contributed by atoms with Crippen molar-refractivity contribution in [2.45, 2.75) is 12.5 Å². The van der Waals surface area contributed by atoms with Crippen LogP contribution in [0.2, 0.25) is 0 Å². The van der Waals surface area contributed by atoms with Crippen molar-refractivity contribution in [2.75, 3.05) is 18.2 Å². The molecule has 3 rings (SSSR count). The van der Waals surface area contributed by atoms with Gasteiger partial charge in [0.2, 0.25) is 0 Å². The number of benzene rings is 1. The number of pyridine rings is 1. The predicted molar refractivity (Wildman–Crippen MR) is 74.9 cm³/mol. The molecule has 20 heavy (non-hydrogen) atoms. The molecule has 1 fully saturated rings. The van der Waals surface area contributed by atoms with E-state index in [1.54, 1.807) is 12.1 Å². The van der Waals surface area contributed by atoms with Gasteiger partial charge in [-0.25, -0.2) is 4.79 Å². The number of rotatable bonds is 5. The first kappa shape index (κ1) is 12.7. The standard InChI is InChI=1S/C16H17N2O2/c19-16(14-7-3-1-4-8-14)20-12-9-15-13-18(15)17-10-5-2-6-11-17/h1-8,10-11,15H,9,12-13H2/q+1. The molecule has 0 radical (unpaired) electrons. The molecular formula is C16H17N2O2+. The number of ether oxygens (including phenoxy) is 1. The van der Waals surface area contributed by atoms with Crippen LogP contribution < -0.4 is 9.69 Å². The minimum Gasteiger partial charge on any atom is -0.462 e. The SMILES string of the molecule is O=C(OCCC1CN1[n+]1ccccc1)c1ccccc1. The van der Waals surface area contributed by atoms with Gasteiger partial charge in [0.05, 0.1) is 18.7 Å². The molecule has 2 heterocycles. The van der Waals surface area contributed by atoms with E-state index in [4.69, 9.17) is 4.74 Å². The van der Waals surface area contributed by atoms with E-state index in [2.05, 4.69) is 9.69 Å². The van der Waals surface area contributed by atoms with Crippen molar-refractivity contribution >= 4 is 5.97 Å². The van der Waals surface area contributed by atoms with Crippen molar-refractivity contribution in [3.63, 3.8) is 0 Å². The van der Waals surface area contributed by atoms with Crippen molar-refractivity contribution in [1.29, 1.82) is 0 Å². The zero-order chi connectivity index (χ0) is 13.8. The Balaban J connectivity index is 1.43. The first-order valence-electron chi connectivity index (χ1n) is 6.80. The van der Waals surface area contributed by atoms with Crippen molar-refractivity contribution < 1.29 is 14.2 Å². The maximum absolute atomic E-state index is 11.8. The van der Waals surface area contributed by atoms with Gasteiger partial charge in [0.15, 0.2) is 12.4 Å². The van der Waals surface area contributed by atoms with E-state index in [0.717, 1.165) is 13.0 Å². The molecule has 0 aliphatic carbocycles. The van der Waals surface area contributed by atoms with E-state index >= 15 is 0 Å². The molecule has 0 N–H and O–H groups in total. The molecule has 1 atom stereocenters. The zero-order valence-electron chi connectivity index (χ0n) is 11.2. The van der Waals surface area contributed by atoms with E-state index in [1.807, 2.05) is 48.8 Å². The van der Waals surface area contributed by atoms with E-state index in [-0.39, 0.29) is 5.97 Å². The molecule has 1 unspecified atom stereocenters. The highest BCUT2D eigenvalue weighted by atomic mass is 16.5. The van der Waals surface area contributed by atoms with Crippen LogP contribution >= 0.6 is 0 Å². The zero-order valence-corrected chi connectivity index (χ0v) is 11.2. The van der Waals surface area contributed by atoms with Gasteiger partial charge in [-0.3, -0.25) is 0 Å². The lowest BCUT2D eigenvalue weighted by molar-refractivity contribution is -0.677. The minimum absolute atomic E-state index is 0.245. The lowest BCUT2D eigenvalue weighted by Gasteiger charge is -2.03. The summed E-state index contributed by atoms with van der Waals surface area (Å²) in [5, 5.41) is 2.23. The average molecular weight is 269 g/mol. The molecule has 1 aromatic heterocycles. The van der Waals surface area contributed by atoms with Gasteiger partial charge in [0.25, 0.3) is 0 Å². The van der Waals surface area contributed by atoms with Crippen molar-refractivity contribution in [3.05, 3.63) is 66.5 Å². The van der Waals surface area contributed by atoms with Crippen LogP contribution in [0.15, 0.2) is 60.9 Å². The second kappa shape index (κ2) is 5.74. The lowest BCUT2D eigenvalue weighted by Crippen LogP contribution is -2.45. The molecular weight excluding hydrogens is 252 g/mol. The number of carbonyl (C=O) groups excluding carboxylic acids is 1. The smallest absolute Gasteiger partial charge is 0.338 e. The number of nitrogens with zero attached hydrogens (tertiary/aromatic N) is 2. The van der Waals surface area contributed by atoms with Gasteiger partial charge in [-0.05, 0) is 12.1 Å². The summed E-state index contributed by atoms with van der Waals surface area (Å²) in [6.07, 6.45) is 4.91. The molecule has 0 saturated carbocycles. The van der Waals surface area contributed by atoms with Crippen LogP contribution in [-0.2, 0) is 4.74 Å². The molecule has 1 aliphatic heterocycles. The van der Waals surface area contributed by atoms with Crippen LogP contribution in [0.5, 0.6) is 0 Å². The summed E-state index contributed by atoms with van der Waals surface area (Å²) >= 11 is 0. The second-order valence-corrected chi connectivity index (χ2v) is 4.82. The molecule has 1 aliphatic rings. The summed E-state index contributed by atoms with van der Waals surface area (Å²) in [6, 6.07) is 15.6. The Labute approximate surface area is 118 Å². The fraction of sp³-hybridized carbons (Fsp3) is 0.250. The molecule has 0 spiro atoms. The van der Waals surface area contributed by atoms with Gasteiger partial charge >= 0.3 is 5.97 Å². The molecule has 102 valence electrons. The Morgan fingerprint density at radius 1 is 1.15 bits per heavy atom. The maximum atomic E-state index is 11.8. The Kier molecular flexibility index (Phi) is 3.63. The molecule has 1 aromatic carbocycles. The number of carbonyl (C=O) groups is 1. The van der Waals surface area contributed by atoms with Gasteiger partial charge in [-0.15, -0.1) is 0 Å². The largest absolute Gasteiger partial charge is 0.462 e. The molecule has 1 saturated heterocycles. The third kappa shape index (κ3) is 2.96. The molecule has 2 aromatic rings.